The van der Waals surface area contributed by atoms with Crippen LogP contribution in [0, 0.1) is 10.1 Å². The first-order chi connectivity index (χ1) is 9.63. The highest BCUT2D eigenvalue weighted by molar-refractivity contribution is 5.48. The van der Waals surface area contributed by atoms with Crippen LogP contribution in [0.1, 0.15) is 24.3 Å². The molecule has 8 nitrogen and oxygen atoms in total. The Bertz CT molecular complexity index is 611. The molecule has 0 unspecified atom stereocenters. The number of nitrogens with two attached hydrogens (primary N) is 1. The first kappa shape index (κ1) is 13.9. The van der Waals surface area contributed by atoms with Gasteiger partial charge in [-0.2, -0.15) is 0 Å². The van der Waals surface area contributed by atoms with Gasteiger partial charge >= 0.3 is 5.69 Å². The number of ether oxygens (including phenoxy) is 1. The van der Waals surface area contributed by atoms with Crippen LogP contribution in [0.4, 0.5) is 5.69 Å². The molecule has 8 heteroatoms. The van der Waals surface area contributed by atoms with E-state index < -0.39 is 4.92 Å². The van der Waals surface area contributed by atoms with Crippen molar-refractivity contribution in [1.29, 1.82) is 0 Å². The van der Waals surface area contributed by atoms with E-state index in [-0.39, 0.29) is 30.5 Å². The van der Waals surface area contributed by atoms with Crippen LogP contribution in [-0.2, 0) is 19.6 Å². The van der Waals surface area contributed by atoms with Crippen LogP contribution in [0.3, 0.4) is 0 Å². The topological polar surface area (TPSA) is 117 Å². The number of rotatable bonds is 6. The molecule has 0 fully saturated rings. The number of aromatic nitrogens is 2. The summed E-state index contributed by atoms with van der Waals surface area (Å²) in [6.45, 7) is 2.09. The molecule has 2 aromatic rings. The lowest BCUT2D eigenvalue weighted by molar-refractivity contribution is -0.386. The van der Waals surface area contributed by atoms with Gasteiger partial charge in [0.25, 0.3) is 5.89 Å². The summed E-state index contributed by atoms with van der Waals surface area (Å²) in [6.07, 6.45) is 0.623. The summed E-state index contributed by atoms with van der Waals surface area (Å²) in [5.41, 5.74) is 5.98. The molecule has 0 aliphatic heterocycles. The molecule has 0 aliphatic carbocycles. The van der Waals surface area contributed by atoms with Gasteiger partial charge in [-0.05, 0) is 11.6 Å². The Morgan fingerprint density at radius 2 is 2.15 bits per heavy atom. The lowest BCUT2D eigenvalue weighted by atomic mass is 10.2. The van der Waals surface area contributed by atoms with Gasteiger partial charge in [-0.25, -0.2) is 0 Å². The van der Waals surface area contributed by atoms with Crippen molar-refractivity contribution in [3.63, 3.8) is 0 Å². The SMILES string of the molecule is CCc1nnc(COc2ccc(CN)cc2[N+](=O)[O-])o1. The minimum atomic E-state index is -0.514. The molecule has 0 aliphatic rings. The smallest absolute Gasteiger partial charge is 0.311 e. The standard InChI is InChI=1S/C12H14N4O4/c1-2-11-14-15-12(20-11)7-19-10-4-3-8(6-13)5-9(10)16(17)18/h3-5H,2,6-7,13H2,1H3. The third kappa shape index (κ3) is 3.09. The number of aryl methyl sites for hydroxylation is 1. The summed E-state index contributed by atoms with van der Waals surface area (Å²) in [5, 5.41) is 18.5. The number of nitro benzene ring substituents is 1. The lowest BCUT2D eigenvalue weighted by Crippen LogP contribution is -2.02. The van der Waals surface area contributed by atoms with Crippen LogP contribution in [0.15, 0.2) is 22.6 Å². The molecule has 1 aromatic heterocycles. The van der Waals surface area contributed by atoms with Crippen LogP contribution < -0.4 is 10.5 Å². The van der Waals surface area contributed by atoms with Gasteiger partial charge in [0, 0.05) is 19.0 Å². The monoisotopic (exact) mass is 278 g/mol. The molecular formula is C12H14N4O4. The molecule has 106 valence electrons. The Labute approximate surface area is 114 Å². The summed E-state index contributed by atoms with van der Waals surface area (Å²) < 4.78 is 10.6. The minimum absolute atomic E-state index is 0.0180. The van der Waals surface area contributed by atoms with Gasteiger partial charge in [-0.15, -0.1) is 10.2 Å². The summed E-state index contributed by atoms with van der Waals surface area (Å²) in [6, 6.07) is 4.58. The highest BCUT2D eigenvalue weighted by atomic mass is 16.6. The van der Waals surface area contributed by atoms with Crippen molar-refractivity contribution in [2.75, 3.05) is 0 Å². The van der Waals surface area contributed by atoms with Gasteiger partial charge in [0.15, 0.2) is 12.4 Å². The van der Waals surface area contributed by atoms with E-state index in [1.54, 1.807) is 6.07 Å². The number of hydrogen-bond donors (Lipinski definition) is 1. The van der Waals surface area contributed by atoms with Crippen LogP contribution in [-0.4, -0.2) is 15.1 Å². The summed E-state index contributed by atoms with van der Waals surface area (Å²) >= 11 is 0. The predicted molar refractivity (Wildman–Crippen MR) is 69.0 cm³/mol. The largest absolute Gasteiger partial charge is 0.477 e. The molecular weight excluding hydrogens is 264 g/mol. The molecule has 0 radical (unpaired) electrons. The van der Waals surface area contributed by atoms with E-state index in [4.69, 9.17) is 14.9 Å². The highest BCUT2D eigenvalue weighted by Crippen LogP contribution is 2.28. The molecule has 2 rings (SSSR count). The normalized spacial score (nSPS) is 10.5. The quantitative estimate of drug-likeness (QED) is 0.629. The first-order valence-electron chi connectivity index (χ1n) is 6.05. The summed E-state index contributed by atoms with van der Waals surface area (Å²) in [5.74, 6) is 0.916. The molecule has 2 N–H and O–H groups in total. The molecule has 1 aromatic carbocycles. The molecule has 1 heterocycles. The Morgan fingerprint density at radius 1 is 1.40 bits per heavy atom. The first-order valence-corrected chi connectivity index (χ1v) is 6.05. The van der Waals surface area contributed by atoms with Crippen LogP contribution in [0.5, 0.6) is 5.75 Å². The maximum Gasteiger partial charge on any atom is 0.311 e. The van der Waals surface area contributed by atoms with E-state index in [1.165, 1.54) is 12.1 Å². The Morgan fingerprint density at radius 3 is 2.75 bits per heavy atom. The lowest BCUT2D eigenvalue weighted by Gasteiger charge is -2.05. The fraction of sp³-hybridized carbons (Fsp3) is 0.333. The van der Waals surface area contributed by atoms with Crippen LogP contribution in [0.2, 0.25) is 0 Å². The van der Waals surface area contributed by atoms with Crippen molar-refractivity contribution >= 4 is 5.69 Å². The second-order valence-corrected chi connectivity index (χ2v) is 4.00. The summed E-state index contributed by atoms with van der Waals surface area (Å²) in [7, 11) is 0. The molecule has 0 saturated heterocycles. The maximum absolute atomic E-state index is 11.0. The van der Waals surface area contributed by atoms with Crippen LogP contribution >= 0.6 is 0 Å². The summed E-state index contributed by atoms with van der Waals surface area (Å²) in [4.78, 5) is 10.5. The van der Waals surface area contributed by atoms with E-state index in [9.17, 15) is 10.1 Å². The van der Waals surface area contributed by atoms with Crippen molar-refractivity contribution in [1.82, 2.24) is 10.2 Å². The number of nitro groups is 1. The zero-order valence-electron chi connectivity index (χ0n) is 10.9. The van der Waals surface area contributed by atoms with Crippen molar-refractivity contribution < 1.29 is 14.1 Å². The van der Waals surface area contributed by atoms with Gasteiger partial charge < -0.3 is 14.9 Å². The van der Waals surface area contributed by atoms with Crippen molar-refractivity contribution in [3.05, 3.63) is 45.7 Å². The van der Waals surface area contributed by atoms with Gasteiger partial charge in [-0.1, -0.05) is 13.0 Å². The van der Waals surface area contributed by atoms with Crippen molar-refractivity contribution in [3.8, 4) is 5.75 Å². The van der Waals surface area contributed by atoms with Gasteiger partial charge in [0.2, 0.25) is 5.89 Å². The number of hydrogen-bond acceptors (Lipinski definition) is 7. The zero-order valence-corrected chi connectivity index (χ0v) is 10.9. The van der Waals surface area contributed by atoms with E-state index in [0.29, 0.717) is 17.9 Å². The number of nitrogens with zero attached hydrogens (tertiary/aromatic N) is 3. The van der Waals surface area contributed by atoms with E-state index in [1.807, 2.05) is 6.92 Å². The highest BCUT2D eigenvalue weighted by Gasteiger charge is 2.16. The molecule has 20 heavy (non-hydrogen) atoms. The fourth-order valence-electron chi connectivity index (χ4n) is 1.58. The van der Waals surface area contributed by atoms with Gasteiger partial charge in [-0.3, -0.25) is 10.1 Å². The fourth-order valence-corrected chi connectivity index (χ4v) is 1.58. The molecule has 0 saturated carbocycles. The van der Waals surface area contributed by atoms with E-state index in [0.717, 1.165) is 0 Å². The third-order valence-corrected chi connectivity index (χ3v) is 2.62. The molecule has 0 spiro atoms. The third-order valence-electron chi connectivity index (χ3n) is 2.62. The van der Waals surface area contributed by atoms with Gasteiger partial charge in [0.1, 0.15) is 0 Å². The van der Waals surface area contributed by atoms with E-state index >= 15 is 0 Å². The Hall–Kier alpha value is -2.48. The second-order valence-electron chi connectivity index (χ2n) is 4.00. The van der Waals surface area contributed by atoms with E-state index in [2.05, 4.69) is 10.2 Å². The number of benzene rings is 1. The zero-order chi connectivity index (χ0) is 14.5. The molecule has 0 bridgehead atoms. The van der Waals surface area contributed by atoms with Crippen molar-refractivity contribution in [2.24, 2.45) is 5.73 Å². The maximum atomic E-state index is 11.0. The average molecular weight is 278 g/mol. The minimum Gasteiger partial charge on any atom is -0.477 e. The van der Waals surface area contributed by atoms with Crippen molar-refractivity contribution in [2.45, 2.75) is 26.5 Å². The Kier molecular flexibility index (Phi) is 4.26. The van der Waals surface area contributed by atoms with Crippen LogP contribution in [0.25, 0.3) is 0 Å². The van der Waals surface area contributed by atoms with Gasteiger partial charge in [0.05, 0.1) is 4.92 Å². The average Bonchev–Trinajstić information content (AvgIpc) is 2.92. The molecule has 0 amide bonds. The predicted octanol–water partition coefficient (Wildman–Crippen LogP) is 1.58. The molecule has 0 atom stereocenters. The Balaban J connectivity index is 2.14. The second kappa shape index (κ2) is 6.11.